The average Bonchev–Trinajstić information content (AvgIpc) is 3.34. The van der Waals surface area contributed by atoms with Gasteiger partial charge in [0.15, 0.2) is 11.6 Å². The van der Waals surface area contributed by atoms with Crippen molar-refractivity contribution in [2.75, 3.05) is 11.9 Å². The second kappa shape index (κ2) is 5.80. The number of urea groups is 1. The van der Waals surface area contributed by atoms with Gasteiger partial charge in [0.1, 0.15) is 11.4 Å². The van der Waals surface area contributed by atoms with Crippen molar-refractivity contribution in [1.29, 1.82) is 0 Å². The number of likely N-dealkylation sites (tertiary alicyclic amines) is 1. The highest BCUT2D eigenvalue weighted by molar-refractivity contribution is 5.88. The predicted octanol–water partition coefficient (Wildman–Crippen LogP) is 2.13. The lowest BCUT2D eigenvalue weighted by molar-refractivity contribution is 0.203. The van der Waals surface area contributed by atoms with E-state index in [-0.39, 0.29) is 18.0 Å². The van der Waals surface area contributed by atoms with Crippen LogP contribution in [0, 0.1) is 6.92 Å². The number of nitrogens with zero attached hydrogens (tertiary/aromatic N) is 5. The number of aromatic amines is 1. The third-order valence-corrected chi connectivity index (χ3v) is 3.98. The maximum Gasteiger partial charge on any atom is 0.324 e. The molecule has 0 aliphatic carbocycles. The Hall–Kier alpha value is -3.17. The number of aromatic nitrogens is 5. The van der Waals surface area contributed by atoms with Crippen molar-refractivity contribution in [3.63, 3.8) is 0 Å². The average molecular weight is 329 g/mol. The zero-order chi connectivity index (χ0) is 16.5. The number of H-pyrrole nitrogens is 1. The summed E-state index contributed by atoms with van der Waals surface area (Å²) in [5.74, 6) is 1.18. The fourth-order valence-corrected chi connectivity index (χ4v) is 2.84. The molecule has 24 heavy (non-hydrogen) atoms. The fraction of sp³-hybridized carbons (Fsp3) is 0.357. The number of carbonyl (C=O) groups is 1. The van der Waals surface area contributed by atoms with Crippen LogP contribution in [0.5, 0.6) is 0 Å². The van der Waals surface area contributed by atoms with Crippen LogP contribution in [-0.2, 0) is 0 Å². The SMILES string of the molecule is Cc1nonc1C1CCCN1C(=O)Nc1n[nH]c(-c2ccco2)n1. The number of hydrogen-bond acceptors (Lipinski definition) is 7. The Morgan fingerprint density at radius 2 is 2.38 bits per heavy atom. The van der Waals surface area contributed by atoms with Gasteiger partial charge in [-0.1, -0.05) is 10.3 Å². The van der Waals surface area contributed by atoms with E-state index in [0.717, 1.165) is 12.8 Å². The first-order valence-corrected chi connectivity index (χ1v) is 7.55. The minimum absolute atomic E-state index is 0.153. The van der Waals surface area contributed by atoms with Crippen molar-refractivity contribution in [3.05, 3.63) is 29.8 Å². The van der Waals surface area contributed by atoms with Gasteiger partial charge in [-0.2, -0.15) is 4.98 Å². The van der Waals surface area contributed by atoms with E-state index in [1.54, 1.807) is 23.3 Å². The first-order chi connectivity index (χ1) is 11.7. The third-order valence-electron chi connectivity index (χ3n) is 3.98. The van der Waals surface area contributed by atoms with Gasteiger partial charge in [-0.05, 0) is 31.9 Å². The molecule has 0 saturated carbocycles. The summed E-state index contributed by atoms with van der Waals surface area (Å²) in [6.45, 7) is 2.43. The summed E-state index contributed by atoms with van der Waals surface area (Å²) in [5, 5.41) is 17.1. The van der Waals surface area contributed by atoms with Crippen LogP contribution >= 0.6 is 0 Å². The molecule has 3 aromatic rings. The van der Waals surface area contributed by atoms with Crippen LogP contribution in [0.25, 0.3) is 11.6 Å². The molecule has 4 heterocycles. The van der Waals surface area contributed by atoms with Crippen LogP contribution in [-0.4, -0.2) is 43.0 Å². The molecule has 3 aromatic heterocycles. The number of aryl methyl sites for hydroxylation is 1. The van der Waals surface area contributed by atoms with Gasteiger partial charge < -0.3 is 9.32 Å². The van der Waals surface area contributed by atoms with Crippen LogP contribution < -0.4 is 5.32 Å². The minimum atomic E-state index is -0.287. The summed E-state index contributed by atoms with van der Waals surface area (Å²) >= 11 is 0. The van der Waals surface area contributed by atoms with E-state index in [4.69, 9.17) is 9.05 Å². The molecule has 10 nitrogen and oxygen atoms in total. The molecule has 1 aliphatic heterocycles. The highest BCUT2D eigenvalue weighted by atomic mass is 16.6. The quantitative estimate of drug-likeness (QED) is 0.753. The Morgan fingerprint density at radius 3 is 3.12 bits per heavy atom. The molecule has 1 atom stereocenters. The van der Waals surface area contributed by atoms with Gasteiger partial charge in [0.25, 0.3) is 5.95 Å². The van der Waals surface area contributed by atoms with Gasteiger partial charge in [0.05, 0.1) is 12.3 Å². The van der Waals surface area contributed by atoms with Crippen molar-refractivity contribution in [2.24, 2.45) is 0 Å². The molecule has 1 fully saturated rings. The van der Waals surface area contributed by atoms with Crippen molar-refractivity contribution >= 4 is 12.0 Å². The summed E-state index contributed by atoms with van der Waals surface area (Å²) in [4.78, 5) is 18.4. The predicted molar refractivity (Wildman–Crippen MR) is 80.8 cm³/mol. The summed E-state index contributed by atoms with van der Waals surface area (Å²) < 4.78 is 9.98. The van der Waals surface area contributed by atoms with E-state index in [1.807, 2.05) is 6.92 Å². The van der Waals surface area contributed by atoms with Gasteiger partial charge in [-0.25, -0.2) is 9.42 Å². The molecule has 0 bridgehead atoms. The monoisotopic (exact) mass is 329 g/mol. The second-order valence-electron chi connectivity index (χ2n) is 5.50. The largest absolute Gasteiger partial charge is 0.461 e. The molecule has 1 saturated heterocycles. The molecule has 4 rings (SSSR count). The van der Waals surface area contributed by atoms with Gasteiger partial charge in [0.2, 0.25) is 0 Å². The molecular weight excluding hydrogens is 314 g/mol. The standard InChI is InChI=1S/C14H15N7O3/c1-8-11(20-24-19-8)9-4-2-6-21(9)14(22)16-13-15-12(17-18-13)10-5-3-7-23-10/h3,5,7,9H,2,4,6H2,1H3,(H2,15,16,17,18,22). The summed E-state index contributed by atoms with van der Waals surface area (Å²) in [6, 6.07) is 3.06. The molecule has 1 unspecified atom stereocenters. The van der Waals surface area contributed by atoms with E-state index in [0.29, 0.717) is 29.5 Å². The van der Waals surface area contributed by atoms with Crippen molar-refractivity contribution < 1.29 is 13.8 Å². The zero-order valence-corrected chi connectivity index (χ0v) is 12.9. The smallest absolute Gasteiger partial charge is 0.324 e. The molecule has 2 N–H and O–H groups in total. The fourth-order valence-electron chi connectivity index (χ4n) is 2.84. The number of amides is 2. The molecule has 0 spiro atoms. The summed E-state index contributed by atoms with van der Waals surface area (Å²) in [5.41, 5.74) is 1.38. The molecule has 2 amide bonds. The van der Waals surface area contributed by atoms with Gasteiger partial charge in [-0.15, -0.1) is 5.10 Å². The first kappa shape index (κ1) is 14.4. The van der Waals surface area contributed by atoms with Crippen molar-refractivity contribution in [3.8, 4) is 11.6 Å². The van der Waals surface area contributed by atoms with E-state index >= 15 is 0 Å². The lowest BCUT2D eigenvalue weighted by Gasteiger charge is -2.22. The zero-order valence-electron chi connectivity index (χ0n) is 12.9. The highest BCUT2D eigenvalue weighted by Crippen LogP contribution is 2.32. The Morgan fingerprint density at radius 1 is 1.46 bits per heavy atom. The lowest BCUT2D eigenvalue weighted by atomic mass is 10.1. The van der Waals surface area contributed by atoms with Gasteiger partial charge in [0, 0.05) is 6.54 Å². The Kier molecular flexibility index (Phi) is 3.48. The topological polar surface area (TPSA) is 126 Å². The molecule has 10 heteroatoms. The summed E-state index contributed by atoms with van der Waals surface area (Å²) in [7, 11) is 0. The van der Waals surface area contributed by atoms with E-state index in [2.05, 4.69) is 30.8 Å². The minimum Gasteiger partial charge on any atom is -0.461 e. The number of hydrogen-bond donors (Lipinski definition) is 2. The van der Waals surface area contributed by atoms with Crippen LogP contribution in [0.1, 0.15) is 30.3 Å². The second-order valence-corrected chi connectivity index (χ2v) is 5.50. The van der Waals surface area contributed by atoms with Crippen LogP contribution in [0.4, 0.5) is 10.7 Å². The number of nitrogens with one attached hydrogen (secondary N) is 2. The molecule has 1 aliphatic rings. The van der Waals surface area contributed by atoms with E-state index < -0.39 is 0 Å². The first-order valence-electron chi connectivity index (χ1n) is 7.55. The van der Waals surface area contributed by atoms with Crippen LogP contribution in [0.3, 0.4) is 0 Å². The summed E-state index contributed by atoms with van der Waals surface area (Å²) in [6.07, 6.45) is 3.24. The Bertz CT molecular complexity index is 838. The Balaban J connectivity index is 1.49. The van der Waals surface area contributed by atoms with Crippen LogP contribution in [0.15, 0.2) is 27.4 Å². The molecule has 124 valence electrons. The molecule has 0 aromatic carbocycles. The molecule has 0 radical (unpaired) electrons. The Labute approximate surface area is 136 Å². The van der Waals surface area contributed by atoms with Crippen molar-refractivity contribution in [1.82, 2.24) is 30.4 Å². The molecular formula is C14H15N7O3. The van der Waals surface area contributed by atoms with Crippen LogP contribution in [0.2, 0.25) is 0 Å². The van der Waals surface area contributed by atoms with Crippen molar-refractivity contribution in [2.45, 2.75) is 25.8 Å². The number of carbonyl (C=O) groups excluding carboxylic acids is 1. The highest BCUT2D eigenvalue weighted by Gasteiger charge is 2.34. The normalized spacial score (nSPS) is 17.4. The van der Waals surface area contributed by atoms with E-state index in [1.165, 1.54) is 0 Å². The maximum atomic E-state index is 12.5. The maximum absolute atomic E-state index is 12.5. The number of furan rings is 1. The van der Waals surface area contributed by atoms with E-state index in [9.17, 15) is 4.79 Å². The number of rotatable bonds is 3. The third kappa shape index (κ3) is 2.51. The van der Waals surface area contributed by atoms with Gasteiger partial charge in [-0.3, -0.25) is 10.4 Å². The number of anilines is 1. The lowest BCUT2D eigenvalue weighted by Crippen LogP contribution is -2.35. The van der Waals surface area contributed by atoms with Gasteiger partial charge >= 0.3 is 6.03 Å².